The molecule has 1 aliphatic rings. The number of carbonyl (C=O) groups is 1. The molecule has 0 aliphatic carbocycles. The van der Waals surface area contributed by atoms with Crippen molar-refractivity contribution in [2.45, 2.75) is 13.0 Å². The Morgan fingerprint density at radius 1 is 1.17 bits per heavy atom. The monoisotopic (exact) mass is 394 g/mol. The first kappa shape index (κ1) is 18.5. The van der Waals surface area contributed by atoms with Gasteiger partial charge in [-0.3, -0.25) is 9.88 Å². The van der Waals surface area contributed by atoms with E-state index in [-0.39, 0.29) is 17.9 Å². The summed E-state index contributed by atoms with van der Waals surface area (Å²) in [6.07, 6.45) is 4.70. The Bertz CT molecular complexity index is 999. The van der Waals surface area contributed by atoms with Gasteiger partial charge in [-0.25, -0.2) is 14.2 Å². The van der Waals surface area contributed by atoms with E-state index in [9.17, 15) is 9.18 Å². The first-order valence-electron chi connectivity index (χ1n) is 9.08. The first-order chi connectivity index (χ1) is 14.1. The summed E-state index contributed by atoms with van der Waals surface area (Å²) in [6, 6.07) is 7.48. The fraction of sp³-hybridized carbons (Fsp3) is 0.211. The number of hydrogen-bond donors (Lipinski definition) is 3. The molecular weight excluding hydrogens is 375 g/mol. The highest BCUT2D eigenvalue weighted by Crippen LogP contribution is 2.24. The van der Waals surface area contributed by atoms with Crippen LogP contribution in [0.15, 0.2) is 48.9 Å². The third kappa shape index (κ3) is 4.37. The summed E-state index contributed by atoms with van der Waals surface area (Å²) in [7, 11) is 0. The van der Waals surface area contributed by atoms with Gasteiger partial charge in [0.25, 0.3) is 0 Å². The molecule has 10 heteroatoms. The lowest BCUT2D eigenvalue weighted by Gasteiger charge is -2.19. The molecule has 0 radical (unpaired) electrons. The van der Waals surface area contributed by atoms with E-state index in [1.165, 1.54) is 17.0 Å². The third-order valence-corrected chi connectivity index (χ3v) is 4.38. The van der Waals surface area contributed by atoms with Crippen molar-refractivity contribution >= 4 is 29.4 Å². The van der Waals surface area contributed by atoms with E-state index in [4.69, 9.17) is 0 Å². The quantitative estimate of drug-likeness (QED) is 0.590. The molecule has 1 saturated heterocycles. The van der Waals surface area contributed by atoms with Crippen molar-refractivity contribution in [1.29, 1.82) is 0 Å². The lowest BCUT2D eigenvalue weighted by atomic mass is 10.1. The number of carbonyl (C=O) groups excluding carboxylic acids is 1. The van der Waals surface area contributed by atoms with Crippen LogP contribution in [0.5, 0.6) is 0 Å². The second-order valence-corrected chi connectivity index (χ2v) is 6.45. The number of hydrogen-bond acceptors (Lipinski definition) is 7. The van der Waals surface area contributed by atoms with Crippen molar-refractivity contribution in [3.63, 3.8) is 0 Å². The van der Waals surface area contributed by atoms with Gasteiger partial charge >= 0.3 is 6.03 Å². The van der Waals surface area contributed by atoms with Crippen LogP contribution in [0.3, 0.4) is 0 Å². The molecule has 1 aromatic carbocycles. The number of aromatic nitrogens is 4. The lowest BCUT2D eigenvalue weighted by Crippen LogP contribution is -2.29. The number of anilines is 4. The topological polar surface area (TPSA) is 108 Å². The Labute approximate surface area is 166 Å². The Balaban J connectivity index is 1.63. The molecule has 3 aromatic rings. The molecular formula is C19H19FN8O. The Morgan fingerprint density at radius 2 is 2.00 bits per heavy atom. The molecule has 1 fully saturated rings. The van der Waals surface area contributed by atoms with Gasteiger partial charge in [-0.05, 0) is 24.6 Å². The fourth-order valence-corrected chi connectivity index (χ4v) is 2.91. The Morgan fingerprint density at radius 3 is 2.69 bits per heavy atom. The van der Waals surface area contributed by atoms with Gasteiger partial charge in [0.1, 0.15) is 23.3 Å². The van der Waals surface area contributed by atoms with Gasteiger partial charge < -0.3 is 16.0 Å². The van der Waals surface area contributed by atoms with Crippen LogP contribution < -0.4 is 20.9 Å². The van der Waals surface area contributed by atoms with Gasteiger partial charge in [0.05, 0.1) is 12.2 Å². The number of urea groups is 1. The minimum absolute atomic E-state index is 0.178. The van der Waals surface area contributed by atoms with Crippen LogP contribution in [0.2, 0.25) is 0 Å². The molecule has 148 valence electrons. The van der Waals surface area contributed by atoms with Crippen LogP contribution in [-0.4, -0.2) is 39.1 Å². The summed E-state index contributed by atoms with van der Waals surface area (Å²) < 4.78 is 13.2. The Kier molecular flexibility index (Phi) is 5.14. The Hall–Kier alpha value is -3.82. The van der Waals surface area contributed by atoms with Crippen molar-refractivity contribution in [2.75, 3.05) is 28.6 Å². The molecule has 0 spiro atoms. The highest BCUT2D eigenvalue weighted by atomic mass is 19.1. The van der Waals surface area contributed by atoms with E-state index in [2.05, 4.69) is 35.9 Å². The SMILES string of the molecule is C[C@H](Nc1nc(Nc2cnccn2)cc(N2CCNC2=O)n1)c1ccc(F)cc1. The van der Waals surface area contributed by atoms with Crippen LogP contribution in [0.1, 0.15) is 18.5 Å². The highest BCUT2D eigenvalue weighted by Gasteiger charge is 2.24. The zero-order valence-electron chi connectivity index (χ0n) is 15.6. The number of nitrogens with one attached hydrogen (secondary N) is 3. The average molecular weight is 394 g/mol. The van der Waals surface area contributed by atoms with Crippen LogP contribution in [0, 0.1) is 5.82 Å². The maximum Gasteiger partial charge on any atom is 0.323 e. The van der Waals surface area contributed by atoms with Crippen molar-refractivity contribution in [2.24, 2.45) is 0 Å². The second kappa shape index (κ2) is 8.05. The van der Waals surface area contributed by atoms with Crippen molar-refractivity contribution < 1.29 is 9.18 Å². The van der Waals surface area contributed by atoms with Gasteiger partial charge in [-0.1, -0.05) is 12.1 Å². The summed E-state index contributed by atoms with van der Waals surface area (Å²) in [5.41, 5.74) is 0.878. The van der Waals surface area contributed by atoms with Gasteiger partial charge in [0.15, 0.2) is 0 Å². The van der Waals surface area contributed by atoms with Crippen molar-refractivity contribution in [1.82, 2.24) is 25.3 Å². The predicted molar refractivity (Wildman–Crippen MR) is 107 cm³/mol. The number of rotatable bonds is 6. The molecule has 1 atom stereocenters. The summed E-state index contributed by atoms with van der Waals surface area (Å²) in [5.74, 6) is 1.46. The van der Waals surface area contributed by atoms with Crippen LogP contribution in [0.4, 0.5) is 32.6 Å². The van der Waals surface area contributed by atoms with E-state index in [1.807, 2.05) is 6.92 Å². The number of benzene rings is 1. The third-order valence-electron chi connectivity index (χ3n) is 4.38. The number of amides is 2. The normalized spacial score (nSPS) is 14.4. The molecule has 1 aliphatic heterocycles. The first-order valence-corrected chi connectivity index (χ1v) is 9.08. The van der Waals surface area contributed by atoms with Gasteiger partial charge in [-0.15, -0.1) is 0 Å². The van der Waals surface area contributed by atoms with E-state index in [0.29, 0.717) is 36.5 Å². The van der Waals surface area contributed by atoms with Crippen molar-refractivity contribution in [3.8, 4) is 0 Å². The summed E-state index contributed by atoms with van der Waals surface area (Å²) in [6.45, 7) is 2.97. The molecule has 2 aromatic heterocycles. The zero-order chi connectivity index (χ0) is 20.2. The minimum atomic E-state index is -0.297. The summed E-state index contributed by atoms with van der Waals surface area (Å²) >= 11 is 0. The largest absolute Gasteiger partial charge is 0.348 e. The molecule has 3 heterocycles. The molecule has 0 unspecified atom stereocenters. The molecule has 0 bridgehead atoms. The van der Waals surface area contributed by atoms with E-state index in [0.717, 1.165) is 5.56 Å². The maximum absolute atomic E-state index is 13.2. The molecule has 2 amide bonds. The molecule has 29 heavy (non-hydrogen) atoms. The average Bonchev–Trinajstić information content (AvgIpc) is 3.15. The van der Waals surface area contributed by atoms with E-state index in [1.54, 1.807) is 36.8 Å². The lowest BCUT2D eigenvalue weighted by molar-refractivity contribution is 0.252. The van der Waals surface area contributed by atoms with E-state index >= 15 is 0 Å². The molecule has 9 nitrogen and oxygen atoms in total. The minimum Gasteiger partial charge on any atom is -0.348 e. The van der Waals surface area contributed by atoms with Crippen LogP contribution >= 0.6 is 0 Å². The van der Waals surface area contributed by atoms with E-state index < -0.39 is 0 Å². The van der Waals surface area contributed by atoms with Crippen molar-refractivity contribution in [3.05, 3.63) is 60.3 Å². The maximum atomic E-state index is 13.2. The molecule has 0 saturated carbocycles. The smallest absolute Gasteiger partial charge is 0.323 e. The van der Waals surface area contributed by atoms with Crippen LogP contribution in [-0.2, 0) is 0 Å². The van der Waals surface area contributed by atoms with Gasteiger partial charge in [0.2, 0.25) is 5.95 Å². The molecule has 3 N–H and O–H groups in total. The highest BCUT2D eigenvalue weighted by molar-refractivity contribution is 5.93. The standard InChI is InChI=1S/C19H19FN8O/c1-12(13-2-4-14(20)5-3-13)24-18-26-15(25-16-11-21-6-7-22-16)10-17(27-18)28-9-8-23-19(28)29/h2-7,10-12H,8-9H2,1H3,(H,23,29)(H2,22,24,25,26,27)/t12-/m0/s1. The summed E-state index contributed by atoms with van der Waals surface area (Å²) in [5, 5.41) is 9.03. The van der Waals surface area contributed by atoms with Gasteiger partial charge in [0, 0.05) is 31.5 Å². The molecule has 4 rings (SSSR count). The predicted octanol–water partition coefficient (Wildman–Crippen LogP) is 2.85. The number of halogens is 1. The fourth-order valence-electron chi connectivity index (χ4n) is 2.91. The van der Waals surface area contributed by atoms with Crippen LogP contribution in [0.25, 0.3) is 0 Å². The summed E-state index contributed by atoms with van der Waals surface area (Å²) in [4.78, 5) is 30.8. The number of nitrogens with zero attached hydrogens (tertiary/aromatic N) is 5. The second-order valence-electron chi connectivity index (χ2n) is 6.45. The van der Waals surface area contributed by atoms with Gasteiger partial charge in [-0.2, -0.15) is 9.97 Å². The zero-order valence-corrected chi connectivity index (χ0v) is 15.6.